The molecule has 5 heteroatoms. The zero-order chi connectivity index (χ0) is 13.7. The lowest BCUT2D eigenvalue weighted by molar-refractivity contribution is 0.296. The van der Waals surface area contributed by atoms with Crippen molar-refractivity contribution < 1.29 is 4.74 Å². The molecule has 19 heavy (non-hydrogen) atoms. The first-order valence-electron chi connectivity index (χ1n) is 5.97. The predicted octanol–water partition coefficient (Wildman–Crippen LogP) is 2.04. The fourth-order valence-electron chi connectivity index (χ4n) is 1.69. The molecule has 0 atom stereocenters. The third-order valence-electron chi connectivity index (χ3n) is 2.74. The van der Waals surface area contributed by atoms with Gasteiger partial charge in [-0.3, -0.25) is 4.79 Å². The summed E-state index contributed by atoms with van der Waals surface area (Å²) < 4.78 is 7.15. The number of nitrogens with two attached hydrogens (primary N) is 1. The van der Waals surface area contributed by atoms with Crippen LogP contribution in [0.4, 0.5) is 0 Å². The van der Waals surface area contributed by atoms with Crippen LogP contribution in [0.2, 0.25) is 5.02 Å². The summed E-state index contributed by atoms with van der Waals surface area (Å²) in [7, 11) is 0. The van der Waals surface area contributed by atoms with Crippen LogP contribution < -0.4 is 16.0 Å². The fourth-order valence-corrected chi connectivity index (χ4v) is 1.94. The van der Waals surface area contributed by atoms with E-state index in [9.17, 15) is 4.79 Å². The van der Waals surface area contributed by atoms with E-state index in [0.29, 0.717) is 30.5 Å². The molecular formula is C14H15ClN2O2. The highest BCUT2D eigenvalue weighted by Gasteiger charge is 2.01. The van der Waals surface area contributed by atoms with E-state index in [1.54, 1.807) is 22.9 Å². The lowest BCUT2D eigenvalue weighted by atomic mass is 10.2. The van der Waals surface area contributed by atoms with Crippen molar-refractivity contribution in [1.29, 1.82) is 0 Å². The molecule has 0 aliphatic rings. The van der Waals surface area contributed by atoms with Crippen LogP contribution in [0.1, 0.15) is 5.56 Å². The van der Waals surface area contributed by atoms with Gasteiger partial charge in [-0.15, -0.1) is 0 Å². The zero-order valence-corrected chi connectivity index (χ0v) is 11.1. The molecule has 4 nitrogen and oxygen atoms in total. The van der Waals surface area contributed by atoms with Gasteiger partial charge in [-0.05, 0) is 23.8 Å². The third kappa shape index (κ3) is 3.59. The number of halogens is 1. The number of ether oxygens (including phenoxy) is 1. The van der Waals surface area contributed by atoms with Gasteiger partial charge in [-0.2, -0.15) is 0 Å². The van der Waals surface area contributed by atoms with E-state index in [1.165, 1.54) is 6.07 Å². The quantitative estimate of drug-likeness (QED) is 0.910. The topological polar surface area (TPSA) is 57.2 Å². The minimum atomic E-state index is -0.0392. The number of rotatable bonds is 5. The zero-order valence-electron chi connectivity index (χ0n) is 10.4. The molecule has 0 spiro atoms. The Hall–Kier alpha value is -1.78. The summed E-state index contributed by atoms with van der Waals surface area (Å²) in [5.74, 6) is 0.672. The lowest BCUT2D eigenvalue weighted by Crippen LogP contribution is -2.21. The Morgan fingerprint density at radius 3 is 2.79 bits per heavy atom. The van der Waals surface area contributed by atoms with Crippen LogP contribution in [-0.4, -0.2) is 11.2 Å². The maximum atomic E-state index is 11.5. The number of hydrogen-bond donors (Lipinski definition) is 1. The van der Waals surface area contributed by atoms with Crippen molar-refractivity contribution in [3.63, 3.8) is 0 Å². The van der Waals surface area contributed by atoms with E-state index in [1.807, 2.05) is 18.2 Å². The second-order valence-electron chi connectivity index (χ2n) is 4.04. The molecule has 1 aromatic carbocycles. The third-order valence-corrected chi connectivity index (χ3v) is 3.10. The first-order valence-corrected chi connectivity index (χ1v) is 6.35. The summed E-state index contributed by atoms with van der Waals surface area (Å²) in [6.45, 7) is 1.30. The summed E-state index contributed by atoms with van der Waals surface area (Å²) >= 11 is 6.04. The van der Waals surface area contributed by atoms with Gasteiger partial charge in [0.05, 0.1) is 6.54 Å². The number of nitrogens with zero attached hydrogens (tertiary/aromatic N) is 1. The van der Waals surface area contributed by atoms with Crippen LogP contribution in [-0.2, 0) is 13.1 Å². The molecule has 0 fully saturated rings. The normalized spacial score (nSPS) is 10.4. The van der Waals surface area contributed by atoms with Crippen LogP contribution in [0, 0.1) is 0 Å². The highest BCUT2D eigenvalue weighted by molar-refractivity contribution is 6.31. The van der Waals surface area contributed by atoms with Crippen molar-refractivity contribution in [3.8, 4) is 5.75 Å². The molecule has 2 aromatic rings. The Bertz CT molecular complexity index is 610. The molecule has 0 aliphatic carbocycles. The van der Waals surface area contributed by atoms with Crippen molar-refractivity contribution in [2.24, 2.45) is 5.73 Å². The summed E-state index contributed by atoms with van der Waals surface area (Å²) in [4.78, 5) is 11.5. The van der Waals surface area contributed by atoms with Crippen LogP contribution in [0.5, 0.6) is 5.75 Å². The smallest absolute Gasteiger partial charge is 0.250 e. The largest absolute Gasteiger partial charge is 0.492 e. The number of benzene rings is 1. The summed E-state index contributed by atoms with van der Waals surface area (Å²) in [6, 6.07) is 10.4. The predicted molar refractivity (Wildman–Crippen MR) is 75.5 cm³/mol. The highest BCUT2D eigenvalue weighted by Crippen LogP contribution is 2.22. The standard InChI is InChI=1S/C14H15ClN2O2/c15-13-9-12(5-4-11(13)10-16)19-8-7-17-6-2-1-3-14(17)18/h1-6,9H,7-8,10,16H2. The van der Waals surface area contributed by atoms with Crippen molar-refractivity contribution in [2.75, 3.05) is 6.61 Å². The van der Waals surface area contributed by atoms with Gasteiger partial charge in [-0.1, -0.05) is 23.7 Å². The van der Waals surface area contributed by atoms with Gasteiger partial charge in [0.15, 0.2) is 0 Å². The molecule has 0 radical (unpaired) electrons. The molecule has 0 aliphatic heterocycles. The molecule has 0 saturated heterocycles. The SMILES string of the molecule is NCc1ccc(OCCn2ccccc2=O)cc1Cl. The number of hydrogen-bond acceptors (Lipinski definition) is 3. The van der Waals surface area contributed by atoms with Gasteiger partial charge in [0.1, 0.15) is 12.4 Å². The average Bonchev–Trinajstić information content (AvgIpc) is 2.41. The molecule has 0 unspecified atom stereocenters. The van der Waals surface area contributed by atoms with Crippen molar-refractivity contribution in [1.82, 2.24) is 4.57 Å². The molecule has 0 bridgehead atoms. The van der Waals surface area contributed by atoms with E-state index in [0.717, 1.165) is 5.56 Å². The summed E-state index contributed by atoms with van der Waals surface area (Å²) in [6.07, 6.45) is 1.73. The van der Waals surface area contributed by atoms with Gasteiger partial charge in [0.2, 0.25) is 0 Å². The second-order valence-corrected chi connectivity index (χ2v) is 4.45. The van der Waals surface area contributed by atoms with E-state index >= 15 is 0 Å². The number of aromatic nitrogens is 1. The van der Waals surface area contributed by atoms with E-state index < -0.39 is 0 Å². The monoisotopic (exact) mass is 278 g/mol. The maximum Gasteiger partial charge on any atom is 0.250 e. The average molecular weight is 279 g/mol. The van der Waals surface area contributed by atoms with Crippen LogP contribution in [0.3, 0.4) is 0 Å². The van der Waals surface area contributed by atoms with Crippen molar-refractivity contribution in [2.45, 2.75) is 13.1 Å². The Balaban J connectivity index is 1.95. The van der Waals surface area contributed by atoms with E-state index in [4.69, 9.17) is 22.1 Å². The first-order chi connectivity index (χ1) is 9.20. The van der Waals surface area contributed by atoms with Gasteiger partial charge < -0.3 is 15.0 Å². The Morgan fingerprint density at radius 2 is 2.11 bits per heavy atom. The van der Waals surface area contributed by atoms with Gasteiger partial charge >= 0.3 is 0 Å². The molecule has 0 saturated carbocycles. The van der Waals surface area contributed by atoms with Crippen molar-refractivity contribution >= 4 is 11.6 Å². The Labute approximate surface area is 116 Å². The lowest BCUT2D eigenvalue weighted by Gasteiger charge is -2.09. The molecule has 100 valence electrons. The summed E-state index contributed by atoms with van der Waals surface area (Å²) in [5, 5.41) is 0.594. The molecule has 0 amide bonds. The van der Waals surface area contributed by atoms with Crippen molar-refractivity contribution in [3.05, 3.63) is 63.5 Å². The van der Waals surface area contributed by atoms with E-state index in [-0.39, 0.29) is 5.56 Å². The molecule has 2 N–H and O–H groups in total. The number of pyridine rings is 1. The molecule has 1 heterocycles. The highest BCUT2D eigenvalue weighted by atomic mass is 35.5. The minimum Gasteiger partial charge on any atom is -0.492 e. The second kappa shape index (κ2) is 6.41. The van der Waals surface area contributed by atoms with Crippen LogP contribution in [0.25, 0.3) is 0 Å². The van der Waals surface area contributed by atoms with Crippen LogP contribution >= 0.6 is 11.6 Å². The van der Waals surface area contributed by atoms with Crippen LogP contribution in [0.15, 0.2) is 47.4 Å². The van der Waals surface area contributed by atoms with Gasteiger partial charge in [-0.25, -0.2) is 0 Å². The first kappa shape index (κ1) is 13.6. The minimum absolute atomic E-state index is 0.0392. The Morgan fingerprint density at radius 1 is 1.26 bits per heavy atom. The molecule has 1 aromatic heterocycles. The molecular weight excluding hydrogens is 264 g/mol. The van der Waals surface area contributed by atoms with Gasteiger partial charge in [0.25, 0.3) is 5.56 Å². The van der Waals surface area contributed by atoms with E-state index in [2.05, 4.69) is 0 Å². The molecule has 2 rings (SSSR count). The summed E-state index contributed by atoms with van der Waals surface area (Å²) in [5.41, 5.74) is 6.37. The maximum absolute atomic E-state index is 11.5. The fraction of sp³-hybridized carbons (Fsp3) is 0.214. The van der Waals surface area contributed by atoms with Gasteiger partial charge in [0, 0.05) is 23.8 Å². The Kier molecular flexibility index (Phi) is 4.60.